The van der Waals surface area contributed by atoms with E-state index in [1.807, 2.05) is 13.0 Å². The minimum atomic E-state index is -1.13. The van der Waals surface area contributed by atoms with E-state index in [0.717, 1.165) is 5.56 Å². The maximum absolute atomic E-state index is 11.8. The quantitative estimate of drug-likeness (QED) is 0.882. The zero-order valence-electron chi connectivity index (χ0n) is 10.3. The van der Waals surface area contributed by atoms with Crippen molar-refractivity contribution in [2.75, 3.05) is 0 Å². The Morgan fingerprint density at radius 2 is 2.05 bits per heavy atom. The molecular weight excluding hydrogens is 246 g/mol. The van der Waals surface area contributed by atoms with Crippen molar-refractivity contribution in [1.29, 1.82) is 0 Å². The number of furan rings is 1. The Morgan fingerprint density at radius 1 is 1.26 bits per heavy atom. The Labute approximate surface area is 109 Å². The molecule has 0 unspecified atom stereocenters. The second-order valence-corrected chi connectivity index (χ2v) is 4.12. The lowest BCUT2D eigenvalue weighted by atomic mass is 10.1. The molecule has 0 aliphatic carbocycles. The monoisotopic (exact) mass is 259 g/mol. The number of rotatable bonds is 4. The van der Waals surface area contributed by atoms with Crippen molar-refractivity contribution in [3.63, 3.8) is 0 Å². The summed E-state index contributed by atoms with van der Waals surface area (Å²) in [6.07, 6.45) is 0. The number of aromatic carboxylic acids is 1. The van der Waals surface area contributed by atoms with Crippen LogP contribution in [-0.4, -0.2) is 17.0 Å². The van der Waals surface area contributed by atoms with Gasteiger partial charge in [0.05, 0.1) is 6.54 Å². The van der Waals surface area contributed by atoms with Crippen molar-refractivity contribution in [2.45, 2.75) is 13.5 Å². The molecule has 98 valence electrons. The van der Waals surface area contributed by atoms with Gasteiger partial charge in [-0.2, -0.15) is 0 Å². The van der Waals surface area contributed by atoms with Gasteiger partial charge in [-0.05, 0) is 31.2 Å². The van der Waals surface area contributed by atoms with Crippen LogP contribution in [0.2, 0.25) is 0 Å². The number of carbonyl (C=O) groups is 2. The molecule has 0 atom stereocenters. The third-order valence-corrected chi connectivity index (χ3v) is 2.58. The van der Waals surface area contributed by atoms with Gasteiger partial charge in [0, 0.05) is 5.56 Å². The first-order valence-electron chi connectivity index (χ1n) is 5.73. The van der Waals surface area contributed by atoms with E-state index in [9.17, 15) is 9.59 Å². The standard InChI is InChI=1S/C14H13NO4/c1-9-3-2-4-10(7-9)13(16)15-8-11-5-6-12(19-11)14(17)18/h2-7H,8H2,1H3,(H,15,16)(H,17,18). The molecule has 2 N–H and O–H groups in total. The molecule has 5 nitrogen and oxygen atoms in total. The minimum Gasteiger partial charge on any atom is -0.475 e. The van der Waals surface area contributed by atoms with Crippen LogP contribution in [0.5, 0.6) is 0 Å². The van der Waals surface area contributed by atoms with E-state index in [4.69, 9.17) is 9.52 Å². The van der Waals surface area contributed by atoms with Gasteiger partial charge in [0.2, 0.25) is 5.76 Å². The Kier molecular flexibility index (Phi) is 3.66. The molecule has 1 aromatic carbocycles. The molecule has 2 aromatic rings. The van der Waals surface area contributed by atoms with Crippen molar-refractivity contribution >= 4 is 11.9 Å². The molecule has 19 heavy (non-hydrogen) atoms. The molecule has 2 rings (SSSR count). The van der Waals surface area contributed by atoms with Crippen molar-refractivity contribution in [1.82, 2.24) is 5.32 Å². The maximum atomic E-state index is 11.8. The predicted molar refractivity (Wildman–Crippen MR) is 68.0 cm³/mol. The van der Waals surface area contributed by atoms with Crippen molar-refractivity contribution < 1.29 is 19.1 Å². The number of carboxylic acids is 1. The number of benzene rings is 1. The highest BCUT2D eigenvalue weighted by Gasteiger charge is 2.10. The first kappa shape index (κ1) is 12.9. The molecule has 0 saturated heterocycles. The number of amides is 1. The van der Waals surface area contributed by atoms with Crippen LogP contribution >= 0.6 is 0 Å². The van der Waals surface area contributed by atoms with E-state index in [1.54, 1.807) is 18.2 Å². The summed E-state index contributed by atoms with van der Waals surface area (Å²) >= 11 is 0. The zero-order valence-corrected chi connectivity index (χ0v) is 10.3. The van der Waals surface area contributed by atoms with E-state index in [0.29, 0.717) is 11.3 Å². The normalized spacial score (nSPS) is 10.2. The molecule has 0 aliphatic rings. The number of carbonyl (C=O) groups excluding carboxylic acids is 1. The predicted octanol–water partition coefficient (Wildman–Crippen LogP) is 2.22. The number of hydrogen-bond acceptors (Lipinski definition) is 3. The number of nitrogens with one attached hydrogen (secondary N) is 1. The third kappa shape index (κ3) is 3.22. The molecule has 0 saturated carbocycles. The van der Waals surface area contributed by atoms with E-state index in [2.05, 4.69) is 5.32 Å². The molecule has 0 bridgehead atoms. The van der Waals surface area contributed by atoms with Crippen molar-refractivity contribution in [2.24, 2.45) is 0 Å². The van der Waals surface area contributed by atoms with Gasteiger partial charge < -0.3 is 14.8 Å². The molecule has 1 amide bonds. The van der Waals surface area contributed by atoms with Crippen LogP contribution in [0, 0.1) is 6.92 Å². The summed E-state index contributed by atoms with van der Waals surface area (Å²) in [5.41, 5.74) is 1.56. The zero-order chi connectivity index (χ0) is 13.8. The summed E-state index contributed by atoms with van der Waals surface area (Å²) in [7, 11) is 0. The van der Waals surface area contributed by atoms with Gasteiger partial charge in [0.25, 0.3) is 5.91 Å². The van der Waals surface area contributed by atoms with Crippen LogP contribution in [0.3, 0.4) is 0 Å². The van der Waals surface area contributed by atoms with Gasteiger partial charge >= 0.3 is 5.97 Å². The Morgan fingerprint density at radius 3 is 2.68 bits per heavy atom. The topological polar surface area (TPSA) is 79.5 Å². The lowest BCUT2D eigenvalue weighted by Crippen LogP contribution is -2.22. The second kappa shape index (κ2) is 5.39. The Bertz CT molecular complexity index is 615. The van der Waals surface area contributed by atoms with Crippen LogP contribution in [0.1, 0.15) is 32.2 Å². The minimum absolute atomic E-state index is 0.139. The van der Waals surface area contributed by atoms with E-state index in [-0.39, 0.29) is 18.2 Å². The van der Waals surface area contributed by atoms with Crippen LogP contribution in [0.25, 0.3) is 0 Å². The number of aryl methyl sites for hydroxylation is 1. The van der Waals surface area contributed by atoms with E-state index < -0.39 is 5.97 Å². The summed E-state index contributed by atoms with van der Waals surface area (Å²) in [6.45, 7) is 2.06. The Balaban J connectivity index is 1.98. The summed E-state index contributed by atoms with van der Waals surface area (Å²) in [6, 6.07) is 10.1. The smallest absolute Gasteiger partial charge is 0.371 e. The first-order valence-corrected chi connectivity index (χ1v) is 5.73. The first-order chi connectivity index (χ1) is 9.06. The van der Waals surface area contributed by atoms with Gasteiger partial charge in [0.15, 0.2) is 0 Å². The van der Waals surface area contributed by atoms with Crippen LogP contribution in [0.15, 0.2) is 40.8 Å². The van der Waals surface area contributed by atoms with E-state index in [1.165, 1.54) is 12.1 Å². The van der Waals surface area contributed by atoms with Gasteiger partial charge in [-0.1, -0.05) is 17.7 Å². The highest BCUT2D eigenvalue weighted by Crippen LogP contribution is 2.08. The summed E-state index contributed by atoms with van der Waals surface area (Å²) in [5.74, 6) is -1.09. The van der Waals surface area contributed by atoms with Gasteiger partial charge in [-0.3, -0.25) is 4.79 Å². The van der Waals surface area contributed by atoms with Gasteiger partial charge in [-0.25, -0.2) is 4.79 Å². The maximum Gasteiger partial charge on any atom is 0.371 e. The second-order valence-electron chi connectivity index (χ2n) is 4.12. The average molecular weight is 259 g/mol. The number of hydrogen-bond donors (Lipinski definition) is 2. The van der Waals surface area contributed by atoms with Crippen molar-refractivity contribution in [3.8, 4) is 0 Å². The SMILES string of the molecule is Cc1cccc(C(=O)NCc2ccc(C(=O)O)o2)c1. The van der Waals surface area contributed by atoms with Crippen molar-refractivity contribution in [3.05, 3.63) is 59.0 Å². The molecule has 1 heterocycles. The molecule has 5 heteroatoms. The summed E-state index contributed by atoms with van der Waals surface area (Å²) in [4.78, 5) is 22.5. The summed E-state index contributed by atoms with van der Waals surface area (Å²) in [5, 5.41) is 11.4. The largest absolute Gasteiger partial charge is 0.475 e. The molecule has 0 spiro atoms. The molecule has 0 fully saturated rings. The van der Waals surface area contributed by atoms with Crippen LogP contribution in [0.4, 0.5) is 0 Å². The third-order valence-electron chi connectivity index (χ3n) is 2.58. The van der Waals surface area contributed by atoms with Gasteiger partial charge in [0.1, 0.15) is 5.76 Å². The Hall–Kier alpha value is -2.56. The van der Waals surface area contributed by atoms with Crippen LogP contribution < -0.4 is 5.32 Å². The van der Waals surface area contributed by atoms with Crippen LogP contribution in [-0.2, 0) is 6.54 Å². The fourth-order valence-electron chi connectivity index (χ4n) is 1.64. The average Bonchev–Trinajstić information content (AvgIpc) is 2.85. The number of carboxylic acid groups (broad SMARTS) is 1. The highest BCUT2D eigenvalue weighted by molar-refractivity contribution is 5.94. The molecule has 0 radical (unpaired) electrons. The lowest BCUT2D eigenvalue weighted by molar-refractivity contribution is 0.0660. The molecular formula is C14H13NO4. The molecule has 1 aromatic heterocycles. The fraction of sp³-hybridized carbons (Fsp3) is 0.143. The van der Waals surface area contributed by atoms with E-state index >= 15 is 0 Å². The summed E-state index contributed by atoms with van der Waals surface area (Å²) < 4.78 is 5.04. The molecule has 0 aliphatic heterocycles. The van der Waals surface area contributed by atoms with Gasteiger partial charge in [-0.15, -0.1) is 0 Å². The fourth-order valence-corrected chi connectivity index (χ4v) is 1.64. The highest BCUT2D eigenvalue weighted by atomic mass is 16.4. The lowest BCUT2D eigenvalue weighted by Gasteiger charge is -2.04.